The Hall–Kier alpha value is -0.610. The molecule has 1 aromatic carbocycles. The van der Waals surface area contributed by atoms with Gasteiger partial charge in [0.25, 0.3) is 13.8 Å². The van der Waals surface area contributed by atoms with Gasteiger partial charge in [0.15, 0.2) is 0 Å². The Labute approximate surface area is 113 Å². The molecule has 0 bridgehead atoms. The standard InChI is InChI=1S/C12H16NO3PS/c1-3-18-12(14)13(11-7-5-4-6-8-11)17-15-9-10(2)16-17/h4-8,10H,3,9H2,1-2H3. The Morgan fingerprint density at radius 2 is 2.22 bits per heavy atom. The minimum Gasteiger partial charge on any atom is -0.314 e. The van der Waals surface area contributed by atoms with E-state index in [0.29, 0.717) is 6.61 Å². The minimum absolute atomic E-state index is 0.0242. The van der Waals surface area contributed by atoms with E-state index < -0.39 is 8.53 Å². The lowest BCUT2D eigenvalue weighted by Gasteiger charge is -2.25. The van der Waals surface area contributed by atoms with Crippen LogP contribution in [0.2, 0.25) is 0 Å². The molecule has 0 radical (unpaired) electrons. The molecule has 0 N–H and O–H groups in total. The number of rotatable bonds is 3. The number of nitrogens with zero attached hydrogens (tertiary/aromatic N) is 1. The molecular formula is C12H16NO3PS. The summed E-state index contributed by atoms with van der Waals surface area (Å²) in [6.07, 6.45) is 0.0433. The van der Waals surface area contributed by atoms with Crippen molar-refractivity contribution in [2.45, 2.75) is 20.0 Å². The van der Waals surface area contributed by atoms with Crippen molar-refractivity contribution in [1.29, 1.82) is 0 Å². The predicted molar refractivity (Wildman–Crippen MR) is 75.9 cm³/mol. The van der Waals surface area contributed by atoms with Crippen molar-refractivity contribution in [2.75, 3.05) is 17.0 Å². The van der Waals surface area contributed by atoms with Gasteiger partial charge in [0.05, 0.1) is 18.4 Å². The maximum atomic E-state index is 12.2. The van der Waals surface area contributed by atoms with Crippen LogP contribution >= 0.6 is 20.3 Å². The summed E-state index contributed by atoms with van der Waals surface area (Å²) in [5.41, 5.74) is 0.823. The third-order valence-electron chi connectivity index (χ3n) is 2.29. The van der Waals surface area contributed by atoms with Gasteiger partial charge in [-0.15, -0.1) is 0 Å². The average molecular weight is 285 g/mol. The molecule has 1 heterocycles. The molecule has 1 aliphatic rings. The maximum absolute atomic E-state index is 12.2. The fraction of sp³-hybridized carbons (Fsp3) is 0.417. The molecule has 1 aliphatic heterocycles. The molecule has 0 aliphatic carbocycles. The van der Waals surface area contributed by atoms with Crippen molar-refractivity contribution in [2.24, 2.45) is 0 Å². The zero-order valence-electron chi connectivity index (χ0n) is 10.4. The summed E-state index contributed by atoms with van der Waals surface area (Å²) in [6, 6.07) is 9.52. The highest BCUT2D eigenvalue weighted by Crippen LogP contribution is 2.52. The molecule has 2 unspecified atom stereocenters. The quantitative estimate of drug-likeness (QED) is 0.786. The fourth-order valence-corrected chi connectivity index (χ4v) is 3.79. The molecule has 2 atom stereocenters. The molecule has 18 heavy (non-hydrogen) atoms. The largest absolute Gasteiger partial charge is 0.314 e. The number of hydrogen-bond acceptors (Lipinski definition) is 4. The number of thioether (sulfide) groups is 1. The first-order valence-electron chi connectivity index (χ1n) is 5.84. The molecule has 4 nitrogen and oxygen atoms in total. The monoisotopic (exact) mass is 285 g/mol. The highest BCUT2D eigenvalue weighted by Gasteiger charge is 2.34. The summed E-state index contributed by atoms with van der Waals surface area (Å²) in [6.45, 7) is 4.44. The van der Waals surface area contributed by atoms with E-state index >= 15 is 0 Å². The molecule has 1 saturated heterocycles. The van der Waals surface area contributed by atoms with Crippen LogP contribution in [0.4, 0.5) is 10.5 Å². The van der Waals surface area contributed by atoms with E-state index in [2.05, 4.69) is 0 Å². The molecule has 1 fully saturated rings. The average Bonchev–Trinajstić information content (AvgIpc) is 2.78. The summed E-state index contributed by atoms with van der Waals surface area (Å²) < 4.78 is 12.9. The predicted octanol–water partition coefficient (Wildman–Crippen LogP) is 4.03. The second kappa shape index (κ2) is 6.53. The van der Waals surface area contributed by atoms with Crippen molar-refractivity contribution >= 4 is 31.2 Å². The van der Waals surface area contributed by atoms with Crippen LogP contribution in [-0.4, -0.2) is 23.7 Å². The zero-order chi connectivity index (χ0) is 13.0. The fourth-order valence-electron chi connectivity index (χ4n) is 1.51. The molecule has 98 valence electrons. The van der Waals surface area contributed by atoms with Gasteiger partial charge in [-0.3, -0.25) is 4.79 Å². The lowest BCUT2D eigenvalue weighted by atomic mass is 10.3. The molecular weight excluding hydrogens is 269 g/mol. The van der Waals surface area contributed by atoms with Crippen LogP contribution in [0, 0.1) is 0 Å². The van der Waals surface area contributed by atoms with Crippen LogP contribution in [0.25, 0.3) is 0 Å². The molecule has 2 rings (SSSR count). The van der Waals surface area contributed by atoms with Crippen LogP contribution in [0.1, 0.15) is 13.8 Å². The van der Waals surface area contributed by atoms with Gasteiger partial charge >= 0.3 is 0 Å². The van der Waals surface area contributed by atoms with Gasteiger partial charge in [0.2, 0.25) is 0 Å². The Kier molecular flexibility index (Phi) is 5.01. The van der Waals surface area contributed by atoms with Gasteiger partial charge in [-0.2, -0.15) is 0 Å². The number of para-hydroxylation sites is 1. The third-order valence-corrected chi connectivity index (χ3v) is 4.80. The van der Waals surface area contributed by atoms with E-state index in [1.54, 1.807) is 4.67 Å². The first-order chi connectivity index (χ1) is 8.72. The van der Waals surface area contributed by atoms with Gasteiger partial charge in [-0.25, -0.2) is 4.67 Å². The minimum atomic E-state index is -1.31. The highest BCUT2D eigenvalue weighted by molar-refractivity contribution is 8.14. The van der Waals surface area contributed by atoms with E-state index in [0.717, 1.165) is 11.4 Å². The van der Waals surface area contributed by atoms with Crippen LogP contribution in [0.15, 0.2) is 30.3 Å². The van der Waals surface area contributed by atoms with E-state index in [1.807, 2.05) is 44.2 Å². The lowest BCUT2D eigenvalue weighted by molar-refractivity contribution is 0.260. The van der Waals surface area contributed by atoms with Crippen molar-refractivity contribution in [3.63, 3.8) is 0 Å². The molecule has 0 saturated carbocycles. The molecule has 1 amide bonds. The lowest BCUT2D eigenvalue weighted by Crippen LogP contribution is -2.22. The highest BCUT2D eigenvalue weighted by atomic mass is 32.2. The van der Waals surface area contributed by atoms with Gasteiger partial charge in [-0.05, 0) is 24.8 Å². The Bertz CT molecular complexity index is 404. The third kappa shape index (κ3) is 3.23. The topological polar surface area (TPSA) is 38.8 Å². The second-order valence-corrected chi connectivity index (χ2v) is 6.36. The summed E-state index contributed by atoms with van der Waals surface area (Å²) >= 11 is 1.27. The maximum Gasteiger partial charge on any atom is 0.298 e. The van der Waals surface area contributed by atoms with Gasteiger partial charge < -0.3 is 9.05 Å². The zero-order valence-corrected chi connectivity index (χ0v) is 12.1. The Morgan fingerprint density at radius 1 is 1.50 bits per heavy atom. The van der Waals surface area contributed by atoms with Crippen LogP contribution in [0.5, 0.6) is 0 Å². The summed E-state index contributed by atoms with van der Waals surface area (Å²) in [5.74, 6) is 0.737. The van der Waals surface area contributed by atoms with Gasteiger partial charge in [0, 0.05) is 0 Å². The van der Waals surface area contributed by atoms with Crippen LogP contribution < -0.4 is 4.67 Å². The SMILES string of the molecule is CCSC(=O)N(c1ccccc1)P1OCC(C)O1. The van der Waals surface area contributed by atoms with E-state index in [-0.39, 0.29) is 11.3 Å². The number of carbonyl (C=O) groups excluding carboxylic acids is 1. The number of benzene rings is 1. The molecule has 0 aromatic heterocycles. The van der Waals surface area contributed by atoms with Gasteiger partial charge in [0.1, 0.15) is 0 Å². The first kappa shape index (κ1) is 13.8. The van der Waals surface area contributed by atoms with E-state index in [4.69, 9.17) is 9.05 Å². The van der Waals surface area contributed by atoms with Gasteiger partial charge in [-0.1, -0.05) is 36.9 Å². The molecule has 6 heteroatoms. The summed E-state index contributed by atoms with van der Waals surface area (Å²) in [4.78, 5) is 12.2. The molecule has 0 spiro atoms. The Morgan fingerprint density at radius 3 is 2.78 bits per heavy atom. The number of anilines is 1. The van der Waals surface area contributed by atoms with Crippen LogP contribution in [-0.2, 0) is 9.05 Å². The smallest absolute Gasteiger partial charge is 0.298 e. The van der Waals surface area contributed by atoms with Crippen molar-refractivity contribution in [1.82, 2.24) is 0 Å². The summed E-state index contributed by atoms with van der Waals surface area (Å²) in [7, 11) is -1.31. The van der Waals surface area contributed by atoms with Crippen molar-refractivity contribution < 1.29 is 13.8 Å². The Balaban J connectivity index is 2.20. The number of carbonyl (C=O) groups is 1. The number of amides is 1. The van der Waals surface area contributed by atoms with Crippen LogP contribution in [0.3, 0.4) is 0 Å². The summed E-state index contributed by atoms with van der Waals surface area (Å²) in [5, 5.41) is -0.0242. The van der Waals surface area contributed by atoms with E-state index in [1.165, 1.54) is 11.8 Å². The number of hydrogen-bond donors (Lipinski definition) is 0. The van der Waals surface area contributed by atoms with E-state index in [9.17, 15) is 4.79 Å². The molecule has 1 aromatic rings. The second-order valence-electron chi connectivity index (χ2n) is 3.80. The van der Waals surface area contributed by atoms with Crippen molar-refractivity contribution in [3.8, 4) is 0 Å². The first-order valence-corrected chi connectivity index (χ1v) is 7.95. The van der Waals surface area contributed by atoms with Crippen molar-refractivity contribution in [3.05, 3.63) is 30.3 Å². The normalized spacial score (nSPS) is 23.0.